The number of para-hydroxylation sites is 3. The Kier molecular flexibility index (Phi) is 8.25. The van der Waals surface area contributed by atoms with Crippen LogP contribution in [-0.2, 0) is 11.3 Å². The molecule has 2 aromatic carbocycles. The number of hydrogen-bond donors (Lipinski definition) is 1. The molecular formula is C22H26N4O3S2. The van der Waals surface area contributed by atoms with Gasteiger partial charge in [-0.15, -0.1) is 22.0 Å². The Labute approximate surface area is 190 Å². The number of thioether (sulfide) groups is 2. The van der Waals surface area contributed by atoms with Crippen molar-refractivity contribution in [3.8, 4) is 11.5 Å². The smallest absolute Gasteiger partial charge is 0.234 e. The van der Waals surface area contributed by atoms with Gasteiger partial charge in [0.15, 0.2) is 28.6 Å². The Morgan fingerprint density at radius 3 is 2.55 bits per heavy atom. The van der Waals surface area contributed by atoms with Crippen molar-refractivity contribution in [2.75, 3.05) is 24.4 Å². The first-order valence-corrected chi connectivity index (χ1v) is 12.1. The summed E-state index contributed by atoms with van der Waals surface area (Å²) in [5.74, 6) is 2.15. The van der Waals surface area contributed by atoms with Crippen molar-refractivity contribution in [2.24, 2.45) is 0 Å². The van der Waals surface area contributed by atoms with E-state index in [4.69, 9.17) is 9.47 Å². The lowest BCUT2D eigenvalue weighted by Gasteiger charge is -2.17. The Hall–Kier alpha value is -2.65. The van der Waals surface area contributed by atoms with Crippen molar-refractivity contribution in [3.63, 3.8) is 0 Å². The summed E-state index contributed by atoms with van der Waals surface area (Å²) < 4.78 is 13.4. The molecule has 1 amide bonds. The minimum absolute atomic E-state index is 0.0861. The summed E-state index contributed by atoms with van der Waals surface area (Å²) >= 11 is 2.95. The van der Waals surface area contributed by atoms with Crippen LogP contribution in [0, 0.1) is 0 Å². The minimum atomic E-state index is -0.333. The molecule has 0 bridgehead atoms. The molecule has 7 nitrogen and oxygen atoms in total. The maximum atomic E-state index is 12.5. The zero-order chi connectivity index (χ0) is 22.2. The second-order valence-corrected chi connectivity index (χ2v) is 8.32. The highest BCUT2D eigenvalue weighted by molar-refractivity contribution is 7.99. The van der Waals surface area contributed by atoms with E-state index < -0.39 is 0 Å². The SMILES string of the molecule is CCn1c(SCC(=O)Nc2ccccc2SC)nnc1C(C)Oc1ccccc1OC. The molecule has 1 N–H and O–H groups in total. The molecular weight excluding hydrogens is 432 g/mol. The van der Waals surface area contributed by atoms with Gasteiger partial charge in [0.1, 0.15) is 0 Å². The number of ether oxygens (including phenoxy) is 2. The Morgan fingerprint density at radius 1 is 1.13 bits per heavy atom. The molecule has 0 radical (unpaired) electrons. The minimum Gasteiger partial charge on any atom is -0.493 e. The normalized spacial score (nSPS) is 11.7. The van der Waals surface area contributed by atoms with Gasteiger partial charge in [-0.2, -0.15) is 0 Å². The lowest BCUT2D eigenvalue weighted by molar-refractivity contribution is -0.113. The summed E-state index contributed by atoms with van der Waals surface area (Å²) in [6, 6.07) is 15.2. The van der Waals surface area contributed by atoms with E-state index in [0.29, 0.717) is 29.0 Å². The molecule has 0 aliphatic heterocycles. The summed E-state index contributed by atoms with van der Waals surface area (Å²) in [4.78, 5) is 13.5. The van der Waals surface area contributed by atoms with Gasteiger partial charge in [-0.25, -0.2) is 0 Å². The summed E-state index contributed by atoms with van der Waals surface area (Å²) in [7, 11) is 1.61. The third kappa shape index (κ3) is 5.74. The van der Waals surface area contributed by atoms with Crippen LogP contribution in [0.3, 0.4) is 0 Å². The molecule has 3 rings (SSSR count). The molecule has 3 aromatic rings. The molecule has 1 heterocycles. The first kappa shape index (κ1) is 23.0. The molecule has 0 aliphatic rings. The first-order valence-electron chi connectivity index (χ1n) is 9.85. The zero-order valence-electron chi connectivity index (χ0n) is 18.0. The van der Waals surface area contributed by atoms with Crippen molar-refractivity contribution in [1.29, 1.82) is 0 Å². The van der Waals surface area contributed by atoms with Crippen LogP contribution in [0.15, 0.2) is 58.6 Å². The number of nitrogens with one attached hydrogen (secondary N) is 1. The average molecular weight is 459 g/mol. The fourth-order valence-corrected chi connectivity index (χ4v) is 4.39. The predicted molar refractivity (Wildman–Crippen MR) is 125 cm³/mol. The van der Waals surface area contributed by atoms with E-state index in [1.807, 2.05) is 73.2 Å². The molecule has 1 atom stereocenters. The van der Waals surface area contributed by atoms with Gasteiger partial charge in [-0.1, -0.05) is 36.0 Å². The second kappa shape index (κ2) is 11.1. The standard InChI is InChI=1S/C22H26N4O3S2/c1-5-26-21(15(2)29-18-12-8-7-11-17(18)28-3)24-25-22(26)31-14-20(27)23-16-10-6-9-13-19(16)30-4/h6-13,15H,5,14H2,1-4H3,(H,23,27). The number of rotatable bonds is 10. The average Bonchev–Trinajstić information content (AvgIpc) is 3.21. The van der Waals surface area contributed by atoms with Crippen molar-refractivity contribution in [3.05, 3.63) is 54.4 Å². The molecule has 0 saturated heterocycles. The van der Waals surface area contributed by atoms with Crippen molar-refractivity contribution in [1.82, 2.24) is 14.8 Å². The Bertz CT molecular complexity index is 1030. The summed E-state index contributed by atoms with van der Waals surface area (Å²) in [6.07, 6.45) is 1.65. The molecule has 1 aromatic heterocycles. The fraction of sp³-hybridized carbons (Fsp3) is 0.318. The number of carbonyl (C=O) groups is 1. The van der Waals surface area contributed by atoms with Gasteiger partial charge in [0, 0.05) is 11.4 Å². The highest BCUT2D eigenvalue weighted by atomic mass is 32.2. The fourth-order valence-electron chi connectivity index (χ4n) is 3.03. The van der Waals surface area contributed by atoms with Crippen LogP contribution in [0.25, 0.3) is 0 Å². The van der Waals surface area contributed by atoms with Gasteiger partial charge < -0.3 is 19.4 Å². The zero-order valence-corrected chi connectivity index (χ0v) is 19.6. The number of carbonyl (C=O) groups excluding carboxylic acids is 1. The van der Waals surface area contributed by atoms with Crippen LogP contribution in [0.4, 0.5) is 5.69 Å². The molecule has 31 heavy (non-hydrogen) atoms. The number of anilines is 1. The number of methoxy groups -OCH3 is 1. The molecule has 164 valence electrons. The van der Waals surface area contributed by atoms with Gasteiger partial charge in [0.25, 0.3) is 0 Å². The van der Waals surface area contributed by atoms with E-state index >= 15 is 0 Å². The van der Waals surface area contributed by atoms with Crippen molar-refractivity contribution in [2.45, 2.75) is 36.5 Å². The molecule has 9 heteroatoms. The Morgan fingerprint density at radius 2 is 1.84 bits per heavy atom. The highest BCUT2D eigenvalue weighted by Crippen LogP contribution is 2.31. The maximum Gasteiger partial charge on any atom is 0.234 e. The summed E-state index contributed by atoms with van der Waals surface area (Å²) in [5.41, 5.74) is 0.817. The number of hydrogen-bond acceptors (Lipinski definition) is 7. The lowest BCUT2D eigenvalue weighted by atomic mass is 10.3. The predicted octanol–water partition coefficient (Wildman–Crippen LogP) is 4.90. The van der Waals surface area contributed by atoms with E-state index in [2.05, 4.69) is 15.5 Å². The molecule has 0 spiro atoms. The van der Waals surface area contributed by atoms with E-state index in [9.17, 15) is 4.79 Å². The van der Waals surface area contributed by atoms with E-state index in [0.717, 1.165) is 10.6 Å². The highest BCUT2D eigenvalue weighted by Gasteiger charge is 2.20. The number of benzene rings is 2. The number of aromatic nitrogens is 3. The van der Waals surface area contributed by atoms with Gasteiger partial charge in [-0.3, -0.25) is 4.79 Å². The lowest BCUT2D eigenvalue weighted by Crippen LogP contribution is -2.16. The maximum absolute atomic E-state index is 12.5. The number of nitrogens with zero attached hydrogens (tertiary/aromatic N) is 3. The summed E-state index contributed by atoms with van der Waals surface area (Å²) in [6.45, 7) is 4.60. The quantitative estimate of drug-likeness (QED) is 0.433. The first-order chi connectivity index (χ1) is 15.1. The largest absolute Gasteiger partial charge is 0.493 e. The summed E-state index contributed by atoms with van der Waals surface area (Å²) in [5, 5.41) is 12.3. The van der Waals surface area contributed by atoms with E-state index in [-0.39, 0.29) is 17.8 Å². The van der Waals surface area contributed by atoms with Crippen molar-refractivity contribution >= 4 is 35.1 Å². The second-order valence-electron chi connectivity index (χ2n) is 6.53. The number of amides is 1. The van der Waals surface area contributed by atoms with Gasteiger partial charge in [0.2, 0.25) is 5.91 Å². The molecule has 1 unspecified atom stereocenters. The van der Waals surface area contributed by atoms with E-state index in [1.54, 1.807) is 18.9 Å². The van der Waals surface area contributed by atoms with E-state index in [1.165, 1.54) is 11.8 Å². The van der Waals surface area contributed by atoms with Crippen LogP contribution >= 0.6 is 23.5 Å². The van der Waals surface area contributed by atoms with Crippen LogP contribution in [-0.4, -0.2) is 39.8 Å². The van der Waals surface area contributed by atoms with Gasteiger partial charge in [0.05, 0.1) is 18.6 Å². The van der Waals surface area contributed by atoms with Crippen LogP contribution in [0.2, 0.25) is 0 Å². The molecule has 0 fully saturated rings. The third-order valence-electron chi connectivity index (χ3n) is 4.51. The van der Waals surface area contributed by atoms with Gasteiger partial charge >= 0.3 is 0 Å². The molecule has 0 saturated carbocycles. The van der Waals surface area contributed by atoms with Crippen molar-refractivity contribution < 1.29 is 14.3 Å². The van der Waals surface area contributed by atoms with Gasteiger partial charge in [-0.05, 0) is 44.4 Å². The van der Waals surface area contributed by atoms with Crippen LogP contribution in [0.5, 0.6) is 11.5 Å². The molecule has 0 aliphatic carbocycles. The monoisotopic (exact) mass is 458 g/mol. The van der Waals surface area contributed by atoms with Crippen LogP contribution in [0.1, 0.15) is 25.8 Å². The third-order valence-corrected chi connectivity index (χ3v) is 6.27. The Balaban J connectivity index is 1.66. The van der Waals surface area contributed by atoms with Crippen LogP contribution < -0.4 is 14.8 Å². The topological polar surface area (TPSA) is 78.3 Å².